The van der Waals surface area contributed by atoms with Crippen LogP contribution in [0.3, 0.4) is 0 Å². The summed E-state index contributed by atoms with van der Waals surface area (Å²) in [7, 11) is -4.89. The van der Waals surface area contributed by atoms with Gasteiger partial charge in [0.15, 0.2) is 4.90 Å². The van der Waals surface area contributed by atoms with Gasteiger partial charge >= 0.3 is 0 Å². The van der Waals surface area contributed by atoms with Crippen molar-refractivity contribution in [2.75, 3.05) is 0 Å². The summed E-state index contributed by atoms with van der Waals surface area (Å²) < 4.78 is 56.1. The van der Waals surface area contributed by atoms with Gasteiger partial charge in [0.1, 0.15) is 11.6 Å². The van der Waals surface area contributed by atoms with Crippen LogP contribution in [0.2, 0.25) is 0 Å². The van der Waals surface area contributed by atoms with Crippen LogP contribution in [-0.2, 0) is 10.1 Å². The van der Waals surface area contributed by atoms with Gasteiger partial charge < -0.3 is 0 Å². The fraction of sp³-hybridized carbons (Fsp3) is 0.111. The summed E-state index contributed by atoms with van der Waals surface area (Å²) in [5, 5.41) is 0. The summed E-state index contributed by atoms with van der Waals surface area (Å²) in [5.74, 6) is -2.68. The van der Waals surface area contributed by atoms with Gasteiger partial charge in [-0.15, -0.1) is 0 Å². The number of benzene rings is 1. The largest absolute Gasteiger partial charge is 0.300 e. The Morgan fingerprint density at radius 3 is 2.00 bits per heavy atom. The maximum Gasteiger partial charge on any atom is 0.300 e. The number of halogens is 2. The van der Waals surface area contributed by atoms with Crippen LogP contribution in [0, 0.1) is 11.6 Å². The van der Waals surface area contributed by atoms with Gasteiger partial charge in [0.25, 0.3) is 10.1 Å². The van der Waals surface area contributed by atoms with Crippen molar-refractivity contribution in [3.8, 4) is 0 Å². The van der Waals surface area contributed by atoms with E-state index in [9.17, 15) is 17.2 Å². The molecule has 15 heavy (non-hydrogen) atoms. The zero-order valence-corrected chi connectivity index (χ0v) is 8.61. The first kappa shape index (κ1) is 11.8. The van der Waals surface area contributed by atoms with Gasteiger partial charge in [0.2, 0.25) is 0 Å². The highest BCUT2D eigenvalue weighted by atomic mass is 32.2. The van der Waals surface area contributed by atoms with Crippen LogP contribution in [0.4, 0.5) is 8.78 Å². The first-order valence-corrected chi connectivity index (χ1v) is 5.30. The van der Waals surface area contributed by atoms with Crippen LogP contribution in [-0.4, -0.2) is 13.0 Å². The lowest BCUT2D eigenvalue weighted by atomic mass is 10.1. The molecule has 82 valence electrons. The molecular weight excluding hydrogens is 226 g/mol. The number of hydrogen-bond acceptors (Lipinski definition) is 2. The normalized spacial score (nSPS) is 11.5. The molecule has 0 atom stereocenters. The van der Waals surface area contributed by atoms with Crippen molar-refractivity contribution < 1.29 is 21.8 Å². The molecule has 0 heterocycles. The van der Waals surface area contributed by atoms with Gasteiger partial charge in [-0.1, -0.05) is 12.2 Å². The molecule has 0 aliphatic carbocycles. The van der Waals surface area contributed by atoms with E-state index in [4.69, 9.17) is 4.55 Å². The minimum Gasteiger partial charge on any atom is -0.282 e. The van der Waals surface area contributed by atoms with Crippen LogP contribution >= 0.6 is 0 Å². The van der Waals surface area contributed by atoms with E-state index in [1.165, 1.54) is 6.92 Å². The highest BCUT2D eigenvalue weighted by molar-refractivity contribution is 7.85. The van der Waals surface area contributed by atoms with E-state index in [1.54, 1.807) is 0 Å². The van der Waals surface area contributed by atoms with Crippen molar-refractivity contribution >= 4 is 15.7 Å². The third-order valence-electron chi connectivity index (χ3n) is 1.75. The Morgan fingerprint density at radius 2 is 1.73 bits per heavy atom. The van der Waals surface area contributed by atoms with Crippen molar-refractivity contribution in [2.45, 2.75) is 11.8 Å². The minimum absolute atomic E-state index is 0.136. The molecule has 1 rings (SSSR count). The van der Waals surface area contributed by atoms with Crippen molar-refractivity contribution in [1.82, 2.24) is 0 Å². The van der Waals surface area contributed by atoms with Crippen LogP contribution in [0.15, 0.2) is 23.6 Å². The minimum atomic E-state index is -4.89. The Bertz CT molecular complexity index is 497. The van der Waals surface area contributed by atoms with Gasteiger partial charge in [0.05, 0.1) is 0 Å². The average Bonchev–Trinajstić information content (AvgIpc) is 1.99. The van der Waals surface area contributed by atoms with E-state index < -0.39 is 26.6 Å². The fourth-order valence-corrected chi connectivity index (χ4v) is 1.66. The van der Waals surface area contributed by atoms with Crippen LogP contribution in [0.1, 0.15) is 12.5 Å². The third-order valence-corrected chi connectivity index (χ3v) is 2.65. The smallest absolute Gasteiger partial charge is 0.282 e. The lowest BCUT2D eigenvalue weighted by molar-refractivity contribution is 0.456. The molecule has 6 heteroatoms. The molecule has 0 aliphatic rings. The number of rotatable bonds is 2. The van der Waals surface area contributed by atoms with Crippen molar-refractivity contribution in [3.05, 3.63) is 35.9 Å². The number of hydrogen-bond donors (Lipinski definition) is 1. The molecule has 0 aliphatic heterocycles. The lowest BCUT2D eigenvalue weighted by Gasteiger charge is -2.05. The third kappa shape index (κ3) is 2.40. The molecule has 0 fully saturated rings. The molecule has 0 saturated heterocycles. The van der Waals surface area contributed by atoms with E-state index >= 15 is 0 Å². The molecule has 0 bridgehead atoms. The van der Waals surface area contributed by atoms with Crippen LogP contribution < -0.4 is 0 Å². The zero-order valence-electron chi connectivity index (χ0n) is 7.79. The first-order valence-electron chi connectivity index (χ1n) is 3.86. The zero-order chi connectivity index (χ0) is 11.8. The highest BCUT2D eigenvalue weighted by Gasteiger charge is 2.22. The molecule has 1 aromatic carbocycles. The highest BCUT2D eigenvalue weighted by Crippen LogP contribution is 2.23. The molecule has 0 radical (unpaired) electrons. The molecule has 0 saturated carbocycles. The van der Waals surface area contributed by atoms with E-state index in [-0.39, 0.29) is 5.56 Å². The Hall–Kier alpha value is -1.27. The Kier molecular flexibility index (Phi) is 2.92. The number of allylic oxidation sites excluding steroid dienone is 1. The lowest BCUT2D eigenvalue weighted by Crippen LogP contribution is -2.05. The fourth-order valence-electron chi connectivity index (χ4n) is 1.05. The standard InChI is InChI=1S/C9H8F2O3S/c1-5(2)6-3-7(10)9(8(11)4-6)15(12,13)14/h3-4H,1H2,2H3,(H,12,13,14). The van der Waals surface area contributed by atoms with E-state index in [0.717, 1.165) is 12.1 Å². The molecule has 0 spiro atoms. The Balaban J connectivity index is 3.55. The van der Waals surface area contributed by atoms with Crippen molar-refractivity contribution in [1.29, 1.82) is 0 Å². The molecule has 1 aromatic rings. The summed E-state index contributed by atoms with van der Waals surface area (Å²) in [4.78, 5) is -1.34. The molecular formula is C9H8F2O3S. The van der Waals surface area contributed by atoms with Crippen LogP contribution in [0.25, 0.3) is 5.57 Å². The molecule has 0 aromatic heterocycles. The molecule has 1 N–H and O–H groups in total. The molecule has 3 nitrogen and oxygen atoms in total. The Morgan fingerprint density at radius 1 is 1.33 bits per heavy atom. The van der Waals surface area contributed by atoms with Gasteiger partial charge in [-0.05, 0) is 24.6 Å². The van der Waals surface area contributed by atoms with E-state index in [2.05, 4.69) is 6.58 Å². The maximum absolute atomic E-state index is 13.1. The van der Waals surface area contributed by atoms with Gasteiger partial charge in [-0.25, -0.2) is 8.78 Å². The second-order valence-electron chi connectivity index (χ2n) is 3.02. The maximum atomic E-state index is 13.1. The quantitative estimate of drug-likeness (QED) is 0.798. The summed E-state index contributed by atoms with van der Waals surface area (Å²) in [5.41, 5.74) is 0.520. The van der Waals surface area contributed by atoms with Crippen molar-refractivity contribution in [2.24, 2.45) is 0 Å². The van der Waals surface area contributed by atoms with E-state index in [0.29, 0.717) is 5.57 Å². The second kappa shape index (κ2) is 3.71. The predicted molar refractivity (Wildman–Crippen MR) is 50.9 cm³/mol. The molecule has 0 amide bonds. The Labute approximate surface area is 85.8 Å². The average molecular weight is 234 g/mol. The monoisotopic (exact) mass is 234 g/mol. The topological polar surface area (TPSA) is 54.4 Å². The summed E-state index contributed by atoms with van der Waals surface area (Å²) >= 11 is 0. The predicted octanol–water partition coefficient (Wildman–Crippen LogP) is 2.24. The molecule has 0 unspecified atom stereocenters. The summed E-state index contributed by atoms with van der Waals surface area (Å²) in [6.07, 6.45) is 0. The SMILES string of the molecule is C=C(C)c1cc(F)c(S(=O)(=O)O)c(F)c1. The van der Waals surface area contributed by atoms with Crippen LogP contribution in [0.5, 0.6) is 0 Å². The van der Waals surface area contributed by atoms with Gasteiger partial charge in [-0.2, -0.15) is 8.42 Å². The summed E-state index contributed by atoms with van der Waals surface area (Å²) in [6.45, 7) is 4.97. The van der Waals surface area contributed by atoms with Gasteiger partial charge in [0, 0.05) is 0 Å². The van der Waals surface area contributed by atoms with E-state index in [1.807, 2.05) is 0 Å². The van der Waals surface area contributed by atoms with Gasteiger partial charge in [-0.3, -0.25) is 4.55 Å². The first-order chi connectivity index (χ1) is 6.73. The van der Waals surface area contributed by atoms with Crippen molar-refractivity contribution in [3.63, 3.8) is 0 Å². The summed E-state index contributed by atoms with van der Waals surface area (Å²) in [6, 6.07) is 1.60. The second-order valence-corrected chi connectivity index (χ2v) is 4.38.